The Bertz CT molecular complexity index is 438. The van der Waals surface area contributed by atoms with Crippen molar-refractivity contribution in [2.24, 2.45) is 0 Å². The molecule has 0 saturated carbocycles. The number of nitrogens with zero attached hydrogens (tertiary/aromatic N) is 1. The molecule has 1 aromatic carbocycles. The minimum atomic E-state index is -0.476. The van der Waals surface area contributed by atoms with E-state index in [4.69, 9.17) is 0 Å². The van der Waals surface area contributed by atoms with E-state index in [2.05, 4.69) is 20.9 Å². The molecule has 4 heteroatoms. The van der Waals surface area contributed by atoms with E-state index in [1.807, 2.05) is 18.2 Å². The summed E-state index contributed by atoms with van der Waals surface area (Å²) < 4.78 is 2.13. The minimum Gasteiger partial charge on any atom is -0.386 e. The lowest BCUT2D eigenvalue weighted by Gasteiger charge is -1.93. The van der Waals surface area contributed by atoms with Gasteiger partial charge >= 0.3 is 0 Å². The van der Waals surface area contributed by atoms with Crippen molar-refractivity contribution in [3.63, 3.8) is 0 Å². The van der Waals surface area contributed by atoms with Gasteiger partial charge in [0.25, 0.3) is 0 Å². The predicted octanol–water partition coefficient (Wildman–Crippen LogP) is 3.11. The van der Waals surface area contributed by atoms with Crippen molar-refractivity contribution in [3.8, 4) is 0 Å². The summed E-state index contributed by atoms with van der Waals surface area (Å²) >= 11 is 4.91. The van der Waals surface area contributed by atoms with E-state index in [1.54, 1.807) is 6.92 Å². The van der Waals surface area contributed by atoms with E-state index in [9.17, 15) is 5.11 Å². The first kappa shape index (κ1) is 9.12. The summed E-state index contributed by atoms with van der Waals surface area (Å²) in [5.74, 6) is 0. The van der Waals surface area contributed by atoms with Crippen molar-refractivity contribution < 1.29 is 5.11 Å². The highest BCUT2D eigenvalue weighted by Gasteiger charge is 2.07. The van der Waals surface area contributed by atoms with Gasteiger partial charge in [0.15, 0.2) is 0 Å². The highest BCUT2D eigenvalue weighted by atomic mass is 79.9. The molecular formula is C9H8BrNOS. The molecule has 1 heterocycles. The number of rotatable bonds is 1. The molecule has 1 atom stereocenters. The molecular weight excluding hydrogens is 250 g/mol. The third-order valence-corrected chi connectivity index (χ3v) is 3.42. The van der Waals surface area contributed by atoms with E-state index in [0.29, 0.717) is 0 Å². The number of aromatic nitrogens is 1. The third kappa shape index (κ3) is 1.75. The van der Waals surface area contributed by atoms with Crippen molar-refractivity contribution >= 4 is 37.5 Å². The first-order valence-electron chi connectivity index (χ1n) is 3.91. The van der Waals surface area contributed by atoms with Crippen LogP contribution in [0.1, 0.15) is 18.0 Å². The molecule has 1 N–H and O–H groups in total. The van der Waals surface area contributed by atoms with E-state index < -0.39 is 6.10 Å². The zero-order chi connectivity index (χ0) is 9.42. The summed E-state index contributed by atoms with van der Waals surface area (Å²) in [5.41, 5.74) is 0.940. The molecule has 2 rings (SSSR count). The van der Waals surface area contributed by atoms with Crippen LogP contribution in [-0.4, -0.2) is 10.1 Å². The van der Waals surface area contributed by atoms with Crippen LogP contribution in [0.3, 0.4) is 0 Å². The van der Waals surface area contributed by atoms with Crippen LogP contribution in [0.4, 0.5) is 0 Å². The number of fused-ring (bicyclic) bond motifs is 1. The summed E-state index contributed by atoms with van der Waals surface area (Å²) in [6.07, 6.45) is -0.476. The van der Waals surface area contributed by atoms with Gasteiger partial charge in [-0.15, -0.1) is 11.3 Å². The molecule has 0 aliphatic rings. The Balaban J connectivity index is 2.62. The molecule has 0 saturated heterocycles. The highest BCUT2D eigenvalue weighted by molar-refractivity contribution is 9.10. The molecule has 13 heavy (non-hydrogen) atoms. The van der Waals surface area contributed by atoms with Gasteiger partial charge in [-0.2, -0.15) is 0 Å². The normalized spacial score (nSPS) is 13.5. The molecule has 0 bridgehead atoms. The summed E-state index contributed by atoms with van der Waals surface area (Å²) in [7, 11) is 0. The molecule has 68 valence electrons. The van der Waals surface area contributed by atoms with Crippen LogP contribution >= 0.6 is 27.3 Å². The Hall–Kier alpha value is -0.450. The topological polar surface area (TPSA) is 33.1 Å². The average molecular weight is 258 g/mol. The van der Waals surface area contributed by atoms with Gasteiger partial charge < -0.3 is 5.11 Å². The minimum absolute atomic E-state index is 0.476. The lowest BCUT2D eigenvalue weighted by atomic mass is 10.3. The first-order valence-corrected chi connectivity index (χ1v) is 5.52. The second kappa shape index (κ2) is 3.36. The van der Waals surface area contributed by atoms with Crippen molar-refractivity contribution in [1.29, 1.82) is 0 Å². The number of hydrogen-bond acceptors (Lipinski definition) is 3. The maximum absolute atomic E-state index is 9.33. The van der Waals surface area contributed by atoms with Crippen molar-refractivity contribution in [2.75, 3.05) is 0 Å². The average Bonchev–Trinajstić information content (AvgIpc) is 2.46. The number of aliphatic hydroxyl groups excluding tert-OH is 1. The van der Waals surface area contributed by atoms with Gasteiger partial charge in [-0.1, -0.05) is 15.9 Å². The molecule has 0 spiro atoms. The number of halogens is 1. The van der Waals surface area contributed by atoms with Crippen molar-refractivity contribution in [2.45, 2.75) is 13.0 Å². The van der Waals surface area contributed by atoms with E-state index >= 15 is 0 Å². The lowest BCUT2D eigenvalue weighted by molar-refractivity contribution is 0.199. The summed E-state index contributed by atoms with van der Waals surface area (Å²) in [6, 6.07) is 5.94. The second-order valence-corrected chi connectivity index (χ2v) is 4.82. The molecule has 1 unspecified atom stereocenters. The molecule has 0 fully saturated rings. The van der Waals surface area contributed by atoms with Gasteiger partial charge in [-0.3, -0.25) is 0 Å². The maximum Gasteiger partial charge on any atom is 0.122 e. The SMILES string of the molecule is CC(O)c1nc2cc(Br)ccc2s1. The molecule has 0 aliphatic heterocycles. The van der Waals surface area contributed by atoms with Crippen LogP contribution < -0.4 is 0 Å². The van der Waals surface area contributed by atoms with Crippen LogP contribution in [-0.2, 0) is 0 Å². The van der Waals surface area contributed by atoms with Gasteiger partial charge in [0, 0.05) is 4.47 Å². The van der Waals surface area contributed by atoms with Gasteiger partial charge in [0.2, 0.25) is 0 Å². The van der Waals surface area contributed by atoms with Crippen LogP contribution in [0.25, 0.3) is 10.2 Å². The monoisotopic (exact) mass is 257 g/mol. The maximum atomic E-state index is 9.33. The summed E-state index contributed by atoms with van der Waals surface area (Å²) in [4.78, 5) is 4.31. The van der Waals surface area contributed by atoms with Crippen LogP contribution in [0, 0.1) is 0 Å². The zero-order valence-electron chi connectivity index (χ0n) is 6.99. The third-order valence-electron chi connectivity index (χ3n) is 1.72. The zero-order valence-corrected chi connectivity index (χ0v) is 9.39. The molecule has 0 amide bonds. The molecule has 2 nitrogen and oxygen atoms in total. The fourth-order valence-corrected chi connectivity index (χ4v) is 2.33. The quantitative estimate of drug-likeness (QED) is 0.852. The predicted molar refractivity (Wildman–Crippen MR) is 58.0 cm³/mol. The van der Waals surface area contributed by atoms with Crippen LogP contribution in [0.15, 0.2) is 22.7 Å². The summed E-state index contributed by atoms with van der Waals surface area (Å²) in [5, 5.41) is 10.1. The molecule has 0 radical (unpaired) electrons. The fraction of sp³-hybridized carbons (Fsp3) is 0.222. The van der Waals surface area contributed by atoms with Crippen molar-refractivity contribution in [3.05, 3.63) is 27.7 Å². The number of benzene rings is 1. The number of thiazole rings is 1. The highest BCUT2D eigenvalue weighted by Crippen LogP contribution is 2.28. The lowest BCUT2D eigenvalue weighted by Crippen LogP contribution is -1.87. The first-order chi connectivity index (χ1) is 6.16. The number of aliphatic hydroxyl groups is 1. The fourth-order valence-electron chi connectivity index (χ4n) is 1.10. The van der Waals surface area contributed by atoms with Gasteiger partial charge in [0.05, 0.1) is 10.2 Å². The second-order valence-electron chi connectivity index (χ2n) is 2.84. The van der Waals surface area contributed by atoms with E-state index in [0.717, 1.165) is 19.7 Å². The molecule has 0 aliphatic carbocycles. The Kier molecular flexibility index (Phi) is 2.36. The smallest absolute Gasteiger partial charge is 0.122 e. The largest absolute Gasteiger partial charge is 0.386 e. The van der Waals surface area contributed by atoms with Crippen LogP contribution in [0.5, 0.6) is 0 Å². The number of hydrogen-bond donors (Lipinski definition) is 1. The van der Waals surface area contributed by atoms with Gasteiger partial charge in [0.1, 0.15) is 11.1 Å². The standard InChI is InChI=1S/C9H8BrNOS/c1-5(12)9-11-7-4-6(10)2-3-8(7)13-9/h2-5,12H,1H3. The molecule has 2 aromatic rings. The summed E-state index contributed by atoms with van der Waals surface area (Å²) in [6.45, 7) is 1.73. The van der Waals surface area contributed by atoms with E-state index in [1.165, 1.54) is 11.3 Å². The van der Waals surface area contributed by atoms with Gasteiger partial charge in [-0.05, 0) is 25.1 Å². The van der Waals surface area contributed by atoms with Crippen molar-refractivity contribution in [1.82, 2.24) is 4.98 Å². The van der Waals surface area contributed by atoms with Crippen LogP contribution in [0.2, 0.25) is 0 Å². The van der Waals surface area contributed by atoms with E-state index in [-0.39, 0.29) is 0 Å². The Morgan fingerprint density at radius 3 is 3.00 bits per heavy atom. The van der Waals surface area contributed by atoms with Gasteiger partial charge in [-0.25, -0.2) is 4.98 Å². The molecule has 1 aromatic heterocycles. The Labute approximate surface area is 88.4 Å². The Morgan fingerprint density at radius 1 is 1.54 bits per heavy atom. The Morgan fingerprint density at radius 2 is 2.31 bits per heavy atom.